The summed E-state index contributed by atoms with van der Waals surface area (Å²) < 4.78 is 0. The molecule has 0 aromatic heterocycles. The van der Waals surface area contributed by atoms with Crippen LogP contribution in [0.15, 0.2) is 103 Å². The van der Waals surface area contributed by atoms with E-state index in [1.54, 1.807) is 0 Å². The van der Waals surface area contributed by atoms with Crippen LogP contribution in [0.5, 0.6) is 5.75 Å². The Morgan fingerprint density at radius 2 is 1.52 bits per heavy atom. The molecular weight excluding hydrogens is 354 g/mol. The summed E-state index contributed by atoms with van der Waals surface area (Å²) in [5.74, 6) is 0.373. The Labute approximate surface area is 171 Å². The lowest BCUT2D eigenvalue weighted by Crippen LogP contribution is -2.22. The molecule has 142 valence electrons. The standard InChI is InChI=1S/C27H23NO/c29-27-15-14-22-10-4-6-12-24(22)25(27)17-21-16-23-11-5-7-13-26(23)28(19-21)18-20-8-2-1-3-9-20/h1-15,19,29H,16-18H2. The van der Waals surface area contributed by atoms with Crippen molar-refractivity contribution < 1.29 is 5.11 Å². The lowest BCUT2D eigenvalue weighted by atomic mass is 9.92. The molecule has 0 fully saturated rings. The molecule has 0 unspecified atom stereocenters. The quantitative estimate of drug-likeness (QED) is 0.455. The largest absolute Gasteiger partial charge is 0.508 e. The monoisotopic (exact) mass is 377 g/mol. The van der Waals surface area contributed by atoms with Crippen LogP contribution >= 0.6 is 0 Å². The average molecular weight is 377 g/mol. The molecule has 0 aliphatic carbocycles. The maximum atomic E-state index is 10.6. The Bertz CT molecular complexity index is 1190. The molecule has 0 spiro atoms. The Morgan fingerprint density at radius 3 is 2.41 bits per heavy atom. The van der Waals surface area contributed by atoms with Gasteiger partial charge in [0.05, 0.1) is 0 Å². The molecule has 0 amide bonds. The normalized spacial score (nSPS) is 13.2. The molecule has 2 heteroatoms. The first-order chi connectivity index (χ1) is 14.3. The summed E-state index contributed by atoms with van der Waals surface area (Å²) in [6.45, 7) is 0.836. The zero-order chi connectivity index (χ0) is 19.6. The first-order valence-corrected chi connectivity index (χ1v) is 10.1. The minimum absolute atomic E-state index is 0.373. The number of anilines is 1. The molecule has 29 heavy (non-hydrogen) atoms. The van der Waals surface area contributed by atoms with Crippen LogP contribution in [0.3, 0.4) is 0 Å². The van der Waals surface area contributed by atoms with Gasteiger partial charge in [0.15, 0.2) is 0 Å². The second kappa shape index (κ2) is 7.48. The number of rotatable bonds is 4. The van der Waals surface area contributed by atoms with Crippen LogP contribution in [0.4, 0.5) is 5.69 Å². The molecule has 4 aromatic carbocycles. The van der Waals surface area contributed by atoms with Crippen LogP contribution < -0.4 is 4.90 Å². The lowest BCUT2D eigenvalue weighted by molar-refractivity contribution is 0.470. The van der Waals surface area contributed by atoms with E-state index in [0.29, 0.717) is 5.75 Å². The number of fused-ring (bicyclic) bond motifs is 2. The highest BCUT2D eigenvalue weighted by Gasteiger charge is 2.19. The molecular formula is C27H23NO. The minimum atomic E-state index is 0.373. The van der Waals surface area contributed by atoms with Crippen molar-refractivity contribution in [3.63, 3.8) is 0 Å². The van der Waals surface area contributed by atoms with Gasteiger partial charge < -0.3 is 10.0 Å². The van der Waals surface area contributed by atoms with Gasteiger partial charge in [-0.3, -0.25) is 0 Å². The highest BCUT2D eigenvalue weighted by atomic mass is 16.3. The first kappa shape index (κ1) is 17.6. The fourth-order valence-corrected chi connectivity index (χ4v) is 4.28. The Morgan fingerprint density at radius 1 is 0.759 bits per heavy atom. The SMILES string of the molecule is Oc1ccc2ccccc2c1CC1=CN(Cc2ccccc2)c2ccccc2C1. The van der Waals surface area contributed by atoms with E-state index in [1.165, 1.54) is 27.8 Å². The topological polar surface area (TPSA) is 23.5 Å². The number of phenolic OH excluding ortho intramolecular Hbond substituents is 1. The number of benzene rings is 4. The smallest absolute Gasteiger partial charge is 0.119 e. The predicted molar refractivity (Wildman–Crippen MR) is 120 cm³/mol. The summed E-state index contributed by atoms with van der Waals surface area (Å²) >= 11 is 0. The van der Waals surface area contributed by atoms with Crippen LogP contribution in [-0.2, 0) is 19.4 Å². The minimum Gasteiger partial charge on any atom is -0.508 e. The van der Waals surface area contributed by atoms with Crippen molar-refractivity contribution in [1.29, 1.82) is 0 Å². The summed E-state index contributed by atoms with van der Waals surface area (Å²) in [4.78, 5) is 2.34. The van der Waals surface area contributed by atoms with Gasteiger partial charge in [-0.1, -0.05) is 78.9 Å². The molecule has 1 N–H and O–H groups in total. The number of phenols is 1. The Balaban J connectivity index is 1.53. The van der Waals surface area contributed by atoms with Crippen LogP contribution in [0.1, 0.15) is 16.7 Å². The first-order valence-electron chi connectivity index (χ1n) is 10.1. The average Bonchev–Trinajstić information content (AvgIpc) is 2.76. The lowest BCUT2D eigenvalue weighted by Gasteiger charge is -2.30. The third-order valence-electron chi connectivity index (χ3n) is 5.67. The van der Waals surface area contributed by atoms with Gasteiger partial charge in [0.2, 0.25) is 0 Å². The van der Waals surface area contributed by atoms with Gasteiger partial charge in [0.1, 0.15) is 5.75 Å². The van der Waals surface area contributed by atoms with Crippen LogP contribution in [0, 0.1) is 0 Å². The van der Waals surface area contributed by atoms with Gasteiger partial charge in [0, 0.05) is 24.0 Å². The van der Waals surface area contributed by atoms with E-state index in [9.17, 15) is 5.11 Å². The van der Waals surface area contributed by atoms with E-state index in [1.807, 2.05) is 24.3 Å². The third-order valence-corrected chi connectivity index (χ3v) is 5.67. The summed E-state index contributed by atoms with van der Waals surface area (Å²) in [6.07, 6.45) is 3.92. The fraction of sp³-hybridized carbons (Fsp3) is 0.111. The second-order valence-corrected chi connectivity index (χ2v) is 7.67. The van der Waals surface area contributed by atoms with Gasteiger partial charge in [-0.2, -0.15) is 0 Å². The van der Waals surface area contributed by atoms with Crippen molar-refractivity contribution in [2.75, 3.05) is 4.90 Å². The van der Waals surface area contributed by atoms with Crippen molar-refractivity contribution in [2.45, 2.75) is 19.4 Å². The maximum absolute atomic E-state index is 10.6. The van der Waals surface area contributed by atoms with Gasteiger partial charge >= 0.3 is 0 Å². The van der Waals surface area contributed by atoms with Gasteiger partial charge in [-0.05, 0) is 52.4 Å². The molecule has 0 radical (unpaired) electrons. The molecule has 4 aromatic rings. The van der Waals surface area contributed by atoms with E-state index in [4.69, 9.17) is 0 Å². The number of nitrogens with zero attached hydrogens (tertiary/aromatic N) is 1. The Hall–Kier alpha value is -3.52. The van der Waals surface area contributed by atoms with Crippen molar-refractivity contribution in [1.82, 2.24) is 0 Å². The predicted octanol–water partition coefficient (Wildman–Crippen LogP) is 6.23. The van der Waals surface area contributed by atoms with Gasteiger partial charge in [-0.15, -0.1) is 0 Å². The molecule has 0 bridgehead atoms. The maximum Gasteiger partial charge on any atom is 0.119 e. The highest BCUT2D eigenvalue weighted by Crippen LogP contribution is 2.35. The van der Waals surface area contributed by atoms with Gasteiger partial charge in [-0.25, -0.2) is 0 Å². The van der Waals surface area contributed by atoms with E-state index in [-0.39, 0.29) is 0 Å². The van der Waals surface area contributed by atoms with E-state index >= 15 is 0 Å². The van der Waals surface area contributed by atoms with Crippen LogP contribution in [0.2, 0.25) is 0 Å². The zero-order valence-corrected chi connectivity index (χ0v) is 16.3. The third kappa shape index (κ3) is 3.50. The number of aromatic hydroxyl groups is 1. The second-order valence-electron chi connectivity index (χ2n) is 7.67. The summed E-state index contributed by atoms with van der Waals surface area (Å²) in [5.41, 5.74) is 6.20. The summed E-state index contributed by atoms with van der Waals surface area (Å²) in [6, 6.07) is 31.3. The summed E-state index contributed by atoms with van der Waals surface area (Å²) in [5, 5.41) is 12.9. The van der Waals surface area contributed by atoms with E-state index < -0.39 is 0 Å². The van der Waals surface area contributed by atoms with Crippen LogP contribution in [0.25, 0.3) is 10.8 Å². The van der Waals surface area contributed by atoms with Crippen molar-refractivity contribution in [3.8, 4) is 5.75 Å². The Kier molecular flexibility index (Phi) is 4.53. The highest BCUT2D eigenvalue weighted by molar-refractivity contribution is 5.88. The van der Waals surface area contributed by atoms with Crippen molar-refractivity contribution in [3.05, 3.63) is 119 Å². The van der Waals surface area contributed by atoms with Gasteiger partial charge in [0.25, 0.3) is 0 Å². The van der Waals surface area contributed by atoms with E-state index in [2.05, 4.69) is 77.8 Å². The number of hydrogen-bond donors (Lipinski definition) is 1. The molecule has 1 heterocycles. The summed E-state index contributed by atoms with van der Waals surface area (Å²) in [7, 11) is 0. The molecule has 1 aliphatic rings. The molecule has 0 saturated carbocycles. The van der Waals surface area contributed by atoms with Crippen molar-refractivity contribution >= 4 is 16.5 Å². The fourth-order valence-electron chi connectivity index (χ4n) is 4.28. The molecule has 1 aliphatic heterocycles. The molecule has 0 saturated heterocycles. The molecule has 0 atom stereocenters. The van der Waals surface area contributed by atoms with E-state index in [0.717, 1.165) is 30.3 Å². The number of hydrogen-bond acceptors (Lipinski definition) is 2. The molecule has 2 nitrogen and oxygen atoms in total. The zero-order valence-electron chi connectivity index (χ0n) is 16.3. The van der Waals surface area contributed by atoms with Crippen LogP contribution in [-0.4, -0.2) is 5.11 Å². The number of allylic oxidation sites excluding steroid dienone is 1. The molecule has 5 rings (SSSR count). The van der Waals surface area contributed by atoms with Crippen molar-refractivity contribution in [2.24, 2.45) is 0 Å². The number of para-hydroxylation sites is 1.